The molecule has 0 saturated heterocycles. The Morgan fingerprint density at radius 3 is 2.07 bits per heavy atom. The van der Waals surface area contributed by atoms with Crippen molar-refractivity contribution in [2.45, 2.75) is 52.9 Å². The Labute approximate surface area is 92.5 Å². The first-order valence-electron chi connectivity index (χ1n) is 5.72. The van der Waals surface area contributed by atoms with E-state index in [9.17, 15) is 4.39 Å². The van der Waals surface area contributed by atoms with Gasteiger partial charge in [0.15, 0.2) is 0 Å². The van der Waals surface area contributed by atoms with Gasteiger partial charge in [-0.05, 0) is 54.9 Å². The highest BCUT2D eigenvalue weighted by Crippen LogP contribution is 2.32. The lowest BCUT2D eigenvalue weighted by Crippen LogP contribution is -2.20. The summed E-state index contributed by atoms with van der Waals surface area (Å²) in [6.07, 6.45) is 2.09. The first kappa shape index (κ1) is 12.2. The van der Waals surface area contributed by atoms with Gasteiger partial charge in [0.25, 0.3) is 0 Å². The van der Waals surface area contributed by atoms with Crippen molar-refractivity contribution in [3.05, 3.63) is 34.6 Å². The zero-order valence-corrected chi connectivity index (χ0v) is 10.4. The summed E-state index contributed by atoms with van der Waals surface area (Å²) < 4.78 is 13.6. The fourth-order valence-corrected chi connectivity index (χ4v) is 1.82. The Balaban J connectivity index is 3.27. The van der Waals surface area contributed by atoms with Gasteiger partial charge in [-0.3, -0.25) is 0 Å². The highest BCUT2D eigenvalue weighted by Gasteiger charge is 2.23. The van der Waals surface area contributed by atoms with Gasteiger partial charge in [-0.1, -0.05) is 26.8 Å². The van der Waals surface area contributed by atoms with Crippen LogP contribution in [0.15, 0.2) is 12.1 Å². The molecule has 1 aromatic rings. The standard InChI is InChI=1S/C14H21F/c1-6-14(5,7-2)12-8-10(3)11(4)13(15)9-12/h8-9H,6-7H2,1-5H3. The molecule has 0 atom stereocenters. The Kier molecular flexibility index (Phi) is 3.54. The van der Waals surface area contributed by atoms with Crippen LogP contribution in [0.25, 0.3) is 0 Å². The fraction of sp³-hybridized carbons (Fsp3) is 0.571. The van der Waals surface area contributed by atoms with E-state index >= 15 is 0 Å². The predicted octanol–water partition coefficient (Wildman–Crippen LogP) is 4.52. The summed E-state index contributed by atoms with van der Waals surface area (Å²) in [6.45, 7) is 10.3. The van der Waals surface area contributed by atoms with Gasteiger partial charge in [0, 0.05) is 0 Å². The van der Waals surface area contributed by atoms with Crippen LogP contribution >= 0.6 is 0 Å². The molecule has 0 amide bonds. The van der Waals surface area contributed by atoms with E-state index in [-0.39, 0.29) is 11.2 Å². The molecule has 1 heteroatoms. The summed E-state index contributed by atoms with van der Waals surface area (Å²) in [5.41, 5.74) is 3.07. The second-order valence-electron chi connectivity index (χ2n) is 4.67. The van der Waals surface area contributed by atoms with Crippen LogP contribution in [0, 0.1) is 19.7 Å². The van der Waals surface area contributed by atoms with Crippen molar-refractivity contribution in [2.24, 2.45) is 0 Å². The van der Waals surface area contributed by atoms with E-state index in [1.165, 1.54) is 0 Å². The van der Waals surface area contributed by atoms with Gasteiger partial charge >= 0.3 is 0 Å². The first-order chi connectivity index (χ1) is 6.94. The molecule has 0 N–H and O–H groups in total. The van der Waals surface area contributed by atoms with E-state index in [2.05, 4.69) is 26.8 Å². The van der Waals surface area contributed by atoms with Gasteiger partial charge in [0.05, 0.1) is 0 Å². The minimum absolute atomic E-state index is 0.0712. The van der Waals surface area contributed by atoms with Crippen molar-refractivity contribution in [3.63, 3.8) is 0 Å². The average Bonchev–Trinajstić information content (AvgIpc) is 2.24. The van der Waals surface area contributed by atoms with E-state index in [0.717, 1.165) is 29.5 Å². The molecule has 0 aromatic heterocycles. The molecule has 0 spiro atoms. The monoisotopic (exact) mass is 208 g/mol. The maximum Gasteiger partial charge on any atom is 0.126 e. The molecule has 1 rings (SSSR count). The van der Waals surface area contributed by atoms with Crippen LogP contribution in [0.5, 0.6) is 0 Å². The molecule has 0 bridgehead atoms. The topological polar surface area (TPSA) is 0 Å². The minimum Gasteiger partial charge on any atom is -0.207 e. The Bertz CT molecular complexity index is 325. The normalized spacial score (nSPS) is 11.9. The molecule has 84 valence electrons. The van der Waals surface area contributed by atoms with Crippen molar-refractivity contribution in [3.8, 4) is 0 Å². The second kappa shape index (κ2) is 4.34. The van der Waals surface area contributed by atoms with Crippen molar-refractivity contribution in [2.75, 3.05) is 0 Å². The first-order valence-corrected chi connectivity index (χ1v) is 5.72. The van der Waals surface area contributed by atoms with Gasteiger partial charge in [0.2, 0.25) is 0 Å². The average molecular weight is 208 g/mol. The maximum atomic E-state index is 13.6. The van der Waals surface area contributed by atoms with Gasteiger partial charge in [-0.25, -0.2) is 4.39 Å². The molecule has 15 heavy (non-hydrogen) atoms. The van der Waals surface area contributed by atoms with E-state index in [1.54, 1.807) is 6.07 Å². The predicted molar refractivity (Wildman–Crippen MR) is 63.8 cm³/mol. The third-order valence-electron chi connectivity index (χ3n) is 3.86. The van der Waals surface area contributed by atoms with E-state index in [4.69, 9.17) is 0 Å². The lowest BCUT2D eigenvalue weighted by Gasteiger charge is -2.28. The largest absolute Gasteiger partial charge is 0.207 e. The van der Waals surface area contributed by atoms with Crippen LogP contribution in [0.4, 0.5) is 4.39 Å². The van der Waals surface area contributed by atoms with Crippen molar-refractivity contribution < 1.29 is 4.39 Å². The molecule has 0 unspecified atom stereocenters. The van der Waals surface area contributed by atoms with Crippen molar-refractivity contribution in [1.82, 2.24) is 0 Å². The van der Waals surface area contributed by atoms with Gasteiger partial charge < -0.3 is 0 Å². The van der Waals surface area contributed by atoms with E-state index in [0.29, 0.717) is 0 Å². The lowest BCUT2D eigenvalue weighted by molar-refractivity contribution is 0.435. The SMILES string of the molecule is CCC(C)(CC)c1cc(C)c(C)c(F)c1. The highest BCUT2D eigenvalue weighted by molar-refractivity contribution is 5.35. The van der Waals surface area contributed by atoms with Gasteiger partial charge in [-0.2, -0.15) is 0 Å². The fourth-order valence-electron chi connectivity index (χ4n) is 1.82. The van der Waals surface area contributed by atoms with Gasteiger partial charge in [-0.15, -0.1) is 0 Å². The molecule has 0 aliphatic rings. The van der Waals surface area contributed by atoms with E-state index in [1.807, 2.05) is 13.8 Å². The second-order valence-corrected chi connectivity index (χ2v) is 4.67. The quantitative estimate of drug-likeness (QED) is 0.685. The summed E-state index contributed by atoms with van der Waals surface area (Å²) >= 11 is 0. The Hall–Kier alpha value is -0.850. The summed E-state index contributed by atoms with van der Waals surface area (Å²) in [7, 11) is 0. The number of aryl methyl sites for hydroxylation is 1. The summed E-state index contributed by atoms with van der Waals surface area (Å²) in [5.74, 6) is -0.0712. The van der Waals surface area contributed by atoms with Crippen molar-refractivity contribution in [1.29, 1.82) is 0 Å². The molecule has 0 heterocycles. The third-order valence-corrected chi connectivity index (χ3v) is 3.86. The van der Waals surface area contributed by atoms with Crippen LogP contribution < -0.4 is 0 Å². The number of hydrogen-bond acceptors (Lipinski definition) is 0. The number of halogens is 1. The zero-order chi connectivity index (χ0) is 11.6. The number of hydrogen-bond donors (Lipinski definition) is 0. The molecule has 0 aliphatic heterocycles. The smallest absolute Gasteiger partial charge is 0.126 e. The molecule has 0 nitrogen and oxygen atoms in total. The highest BCUT2D eigenvalue weighted by atomic mass is 19.1. The van der Waals surface area contributed by atoms with Crippen LogP contribution in [0.1, 0.15) is 50.3 Å². The van der Waals surface area contributed by atoms with Crippen LogP contribution in [0.3, 0.4) is 0 Å². The van der Waals surface area contributed by atoms with Crippen LogP contribution in [-0.2, 0) is 5.41 Å². The molecular formula is C14H21F. The Morgan fingerprint density at radius 1 is 1.13 bits per heavy atom. The van der Waals surface area contributed by atoms with Gasteiger partial charge in [0.1, 0.15) is 5.82 Å². The lowest BCUT2D eigenvalue weighted by atomic mass is 9.77. The maximum absolute atomic E-state index is 13.6. The third kappa shape index (κ3) is 2.22. The summed E-state index contributed by atoms with van der Waals surface area (Å²) in [4.78, 5) is 0. The summed E-state index contributed by atoms with van der Waals surface area (Å²) in [6, 6.07) is 3.83. The minimum atomic E-state index is -0.0712. The van der Waals surface area contributed by atoms with Crippen LogP contribution in [-0.4, -0.2) is 0 Å². The number of rotatable bonds is 3. The Morgan fingerprint density at radius 2 is 1.67 bits per heavy atom. The summed E-state index contributed by atoms with van der Waals surface area (Å²) in [5, 5.41) is 0. The van der Waals surface area contributed by atoms with E-state index < -0.39 is 0 Å². The number of benzene rings is 1. The molecule has 0 radical (unpaired) electrons. The van der Waals surface area contributed by atoms with Crippen molar-refractivity contribution >= 4 is 0 Å². The molecular weight excluding hydrogens is 187 g/mol. The molecule has 0 saturated carbocycles. The molecule has 0 aliphatic carbocycles. The molecule has 0 fully saturated rings. The zero-order valence-electron chi connectivity index (χ0n) is 10.4. The molecule has 1 aromatic carbocycles. The van der Waals surface area contributed by atoms with Crippen LogP contribution in [0.2, 0.25) is 0 Å².